The number of nitrogens with zero attached hydrogens (tertiary/aromatic N) is 1. The summed E-state index contributed by atoms with van der Waals surface area (Å²) in [6, 6.07) is -0.489. The molecular weight excluding hydrogens is 210 g/mol. The highest BCUT2D eigenvalue weighted by molar-refractivity contribution is 5.91. The molecule has 6 heteroatoms. The van der Waals surface area contributed by atoms with Gasteiger partial charge < -0.3 is 15.8 Å². The van der Waals surface area contributed by atoms with Crippen molar-refractivity contribution in [1.29, 1.82) is 0 Å². The van der Waals surface area contributed by atoms with Crippen LogP contribution in [0.25, 0.3) is 0 Å². The summed E-state index contributed by atoms with van der Waals surface area (Å²) in [5.41, 5.74) is 4.93. The molecule has 0 radical (unpaired) electrons. The van der Waals surface area contributed by atoms with Crippen LogP contribution in [0.4, 0.5) is 9.59 Å². The third kappa shape index (κ3) is 5.55. The fourth-order valence-corrected chi connectivity index (χ4v) is 0.995. The van der Waals surface area contributed by atoms with Crippen LogP contribution in [-0.2, 0) is 4.74 Å². The lowest BCUT2D eigenvalue weighted by atomic mass is 10.1. The summed E-state index contributed by atoms with van der Waals surface area (Å²) in [7, 11) is 0. The first-order chi connectivity index (χ1) is 7.31. The molecule has 0 heterocycles. The number of urea groups is 1. The van der Waals surface area contributed by atoms with E-state index in [0.717, 1.165) is 4.90 Å². The minimum Gasteiger partial charge on any atom is -0.449 e. The fraction of sp³-hybridized carbons (Fsp3) is 0.800. The first-order valence-electron chi connectivity index (χ1n) is 5.28. The lowest BCUT2D eigenvalue weighted by molar-refractivity contribution is 0.113. The smallest absolute Gasteiger partial charge is 0.418 e. The van der Waals surface area contributed by atoms with E-state index in [9.17, 15) is 9.59 Å². The van der Waals surface area contributed by atoms with E-state index in [1.807, 2.05) is 20.8 Å². The summed E-state index contributed by atoms with van der Waals surface area (Å²) < 4.78 is 4.76. The van der Waals surface area contributed by atoms with E-state index in [1.165, 1.54) is 0 Å². The molecule has 0 spiro atoms. The van der Waals surface area contributed by atoms with Crippen molar-refractivity contribution in [3.8, 4) is 0 Å². The minimum atomic E-state index is -0.672. The Morgan fingerprint density at radius 2 is 1.94 bits per heavy atom. The van der Waals surface area contributed by atoms with Gasteiger partial charge in [-0.25, -0.2) is 14.5 Å². The van der Waals surface area contributed by atoms with Gasteiger partial charge in [0.2, 0.25) is 0 Å². The molecule has 0 aromatic carbocycles. The van der Waals surface area contributed by atoms with Crippen molar-refractivity contribution in [3.63, 3.8) is 0 Å². The van der Waals surface area contributed by atoms with E-state index in [2.05, 4.69) is 5.32 Å². The molecule has 6 nitrogen and oxygen atoms in total. The molecule has 0 aromatic rings. The molecule has 3 amide bonds. The second-order valence-corrected chi connectivity index (χ2v) is 4.32. The maximum Gasteiger partial charge on any atom is 0.418 e. The molecular formula is C10H21N3O3. The Kier molecular flexibility index (Phi) is 5.81. The first-order valence-corrected chi connectivity index (χ1v) is 5.28. The Morgan fingerprint density at radius 3 is 2.31 bits per heavy atom. The predicted molar refractivity (Wildman–Crippen MR) is 61.1 cm³/mol. The maximum atomic E-state index is 11.7. The van der Waals surface area contributed by atoms with E-state index < -0.39 is 17.7 Å². The molecule has 0 fully saturated rings. The number of amides is 3. The number of hydrogen-bond donors (Lipinski definition) is 2. The van der Waals surface area contributed by atoms with Crippen molar-refractivity contribution in [2.45, 2.75) is 33.2 Å². The van der Waals surface area contributed by atoms with Gasteiger partial charge in [-0.15, -0.1) is 0 Å². The zero-order valence-corrected chi connectivity index (χ0v) is 10.4. The lowest BCUT2D eigenvalue weighted by Crippen LogP contribution is -2.52. The highest BCUT2D eigenvalue weighted by atomic mass is 16.6. The minimum absolute atomic E-state index is 0.140. The molecule has 0 rings (SSSR count). The van der Waals surface area contributed by atoms with E-state index in [-0.39, 0.29) is 19.7 Å². The van der Waals surface area contributed by atoms with E-state index in [1.54, 1.807) is 6.92 Å². The first kappa shape index (κ1) is 14.7. The molecule has 0 atom stereocenters. The van der Waals surface area contributed by atoms with Crippen molar-refractivity contribution < 1.29 is 14.3 Å². The van der Waals surface area contributed by atoms with Crippen LogP contribution in [0, 0.1) is 0 Å². The third-order valence-corrected chi connectivity index (χ3v) is 1.57. The summed E-state index contributed by atoms with van der Waals surface area (Å²) in [5, 5.41) is 2.67. The molecule has 0 unspecified atom stereocenters. The number of rotatable bonds is 3. The zero-order chi connectivity index (χ0) is 12.8. The Labute approximate surface area is 96.1 Å². The lowest BCUT2D eigenvalue weighted by Gasteiger charge is -2.26. The third-order valence-electron chi connectivity index (χ3n) is 1.57. The quantitative estimate of drug-likeness (QED) is 0.756. The van der Waals surface area contributed by atoms with Gasteiger partial charge in [-0.05, 0) is 27.7 Å². The molecule has 94 valence electrons. The highest BCUT2D eigenvalue weighted by Gasteiger charge is 2.25. The van der Waals surface area contributed by atoms with Crippen molar-refractivity contribution in [2.24, 2.45) is 5.73 Å². The van der Waals surface area contributed by atoms with E-state index in [0.29, 0.717) is 0 Å². The molecule has 0 aliphatic carbocycles. The topological polar surface area (TPSA) is 84.7 Å². The molecule has 0 bridgehead atoms. The molecule has 0 aliphatic heterocycles. The van der Waals surface area contributed by atoms with Crippen molar-refractivity contribution in [1.82, 2.24) is 10.2 Å². The summed E-state index contributed by atoms with van der Waals surface area (Å²) in [5.74, 6) is 0. The van der Waals surface area contributed by atoms with Crippen LogP contribution in [0.15, 0.2) is 0 Å². The Bertz CT molecular complexity index is 248. The summed E-state index contributed by atoms with van der Waals surface area (Å²) in [6.07, 6.45) is -0.672. The van der Waals surface area contributed by atoms with Crippen molar-refractivity contribution in [2.75, 3.05) is 19.7 Å². The molecule has 0 saturated heterocycles. The summed E-state index contributed by atoms with van der Waals surface area (Å²) in [6.45, 7) is 7.74. The number of ether oxygens (including phenoxy) is 1. The van der Waals surface area contributed by atoms with Crippen LogP contribution in [0.3, 0.4) is 0 Å². The van der Waals surface area contributed by atoms with Crippen LogP contribution in [-0.4, -0.2) is 42.3 Å². The molecule has 0 aromatic heterocycles. The number of nitrogens with two attached hydrogens (primary N) is 1. The fourth-order valence-electron chi connectivity index (χ4n) is 0.995. The predicted octanol–water partition coefficient (Wildman–Crippen LogP) is 0.912. The van der Waals surface area contributed by atoms with E-state index in [4.69, 9.17) is 10.5 Å². The summed E-state index contributed by atoms with van der Waals surface area (Å²) >= 11 is 0. The van der Waals surface area contributed by atoms with Gasteiger partial charge >= 0.3 is 12.1 Å². The van der Waals surface area contributed by atoms with Gasteiger partial charge in [-0.2, -0.15) is 0 Å². The molecule has 0 aliphatic rings. The van der Waals surface area contributed by atoms with Crippen LogP contribution in [0.2, 0.25) is 0 Å². The average Bonchev–Trinajstić information content (AvgIpc) is 2.11. The number of carbonyl (C=O) groups is 2. The average molecular weight is 231 g/mol. The Balaban J connectivity index is 4.52. The SMILES string of the molecule is CCOC(=O)N(CCN)C(=O)NC(C)(C)C. The molecule has 16 heavy (non-hydrogen) atoms. The molecule has 3 N–H and O–H groups in total. The van der Waals surface area contributed by atoms with Gasteiger partial charge in [0.1, 0.15) is 0 Å². The highest BCUT2D eigenvalue weighted by Crippen LogP contribution is 2.02. The largest absolute Gasteiger partial charge is 0.449 e. The van der Waals surface area contributed by atoms with Gasteiger partial charge in [0, 0.05) is 18.6 Å². The van der Waals surface area contributed by atoms with Gasteiger partial charge in [0.05, 0.1) is 6.61 Å². The van der Waals surface area contributed by atoms with Crippen LogP contribution < -0.4 is 11.1 Å². The normalized spacial score (nSPS) is 10.8. The Hall–Kier alpha value is -1.30. The second kappa shape index (κ2) is 6.32. The second-order valence-electron chi connectivity index (χ2n) is 4.32. The number of carbonyl (C=O) groups excluding carboxylic acids is 2. The van der Waals surface area contributed by atoms with Crippen molar-refractivity contribution in [3.05, 3.63) is 0 Å². The number of hydrogen-bond acceptors (Lipinski definition) is 4. The van der Waals surface area contributed by atoms with Gasteiger partial charge in [-0.3, -0.25) is 0 Å². The Morgan fingerprint density at radius 1 is 1.38 bits per heavy atom. The monoisotopic (exact) mass is 231 g/mol. The van der Waals surface area contributed by atoms with Crippen molar-refractivity contribution >= 4 is 12.1 Å². The standard InChI is InChI=1S/C10H21N3O3/c1-5-16-9(15)13(7-6-11)8(14)12-10(2,3)4/h5-7,11H2,1-4H3,(H,12,14). The van der Waals surface area contributed by atoms with Gasteiger partial charge in [0.25, 0.3) is 0 Å². The van der Waals surface area contributed by atoms with Crippen LogP contribution >= 0.6 is 0 Å². The zero-order valence-electron chi connectivity index (χ0n) is 10.4. The molecule has 0 saturated carbocycles. The summed E-state index contributed by atoms with van der Waals surface area (Å²) in [4.78, 5) is 24.1. The van der Waals surface area contributed by atoms with Gasteiger partial charge in [-0.1, -0.05) is 0 Å². The number of imide groups is 1. The maximum absolute atomic E-state index is 11.7. The van der Waals surface area contributed by atoms with Crippen LogP contribution in [0.5, 0.6) is 0 Å². The number of nitrogens with one attached hydrogen (secondary N) is 1. The van der Waals surface area contributed by atoms with Gasteiger partial charge in [0.15, 0.2) is 0 Å². The van der Waals surface area contributed by atoms with E-state index >= 15 is 0 Å². The van der Waals surface area contributed by atoms with Crippen LogP contribution in [0.1, 0.15) is 27.7 Å².